The Hall–Kier alpha value is -3.05. The zero-order valence-electron chi connectivity index (χ0n) is 15.7. The lowest BCUT2D eigenvalue weighted by Crippen LogP contribution is -2.28. The van der Waals surface area contributed by atoms with E-state index in [0.717, 1.165) is 21.0 Å². The van der Waals surface area contributed by atoms with E-state index in [1.54, 1.807) is 30.5 Å². The van der Waals surface area contributed by atoms with Crippen molar-refractivity contribution in [2.75, 3.05) is 0 Å². The third-order valence-corrected chi connectivity index (χ3v) is 5.12. The molecule has 6 heteroatoms. The molecule has 0 spiro atoms. The molecule has 5 nitrogen and oxygen atoms in total. The van der Waals surface area contributed by atoms with Crippen molar-refractivity contribution in [3.8, 4) is 6.07 Å². The summed E-state index contributed by atoms with van der Waals surface area (Å²) < 4.78 is 0.866. The standard InChI is InChI=1S/C23H18IN3O2/c1-15(19-7-5-16(14-28)6-8-19)27-23(29)21-11-20(24)13-26-22(21)10-17-3-2-4-18(9-17)12-25/h2-9,11,13-15H,10H2,1H3,(H,27,29)/t15-/m0/s1. The number of pyridine rings is 1. The highest BCUT2D eigenvalue weighted by molar-refractivity contribution is 14.1. The number of aldehydes is 1. The second-order valence-electron chi connectivity index (χ2n) is 6.62. The van der Waals surface area contributed by atoms with Gasteiger partial charge in [-0.3, -0.25) is 14.6 Å². The van der Waals surface area contributed by atoms with Crippen LogP contribution in [0.1, 0.15) is 56.1 Å². The molecular formula is C23H18IN3O2. The Kier molecular flexibility index (Phi) is 6.73. The van der Waals surface area contributed by atoms with Crippen LogP contribution < -0.4 is 5.32 Å². The Morgan fingerprint density at radius 1 is 1.24 bits per heavy atom. The lowest BCUT2D eigenvalue weighted by atomic mass is 10.0. The first-order chi connectivity index (χ1) is 14.0. The Balaban J connectivity index is 1.83. The van der Waals surface area contributed by atoms with Gasteiger partial charge in [0, 0.05) is 21.8 Å². The van der Waals surface area contributed by atoms with E-state index in [0.29, 0.717) is 28.8 Å². The summed E-state index contributed by atoms with van der Waals surface area (Å²) in [5, 5.41) is 12.1. The molecule has 0 aliphatic carbocycles. The number of hydrogen-bond donors (Lipinski definition) is 1. The molecule has 2 aromatic carbocycles. The molecule has 1 amide bonds. The van der Waals surface area contributed by atoms with Crippen molar-refractivity contribution < 1.29 is 9.59 Å². The smallest absolute Gasteiger partial charge is 0.253 e. The van der Waals surface area contributed by atoms with Crippen LogP contribution in [0.3, 0.4) is 0 Å². The largest absolute Gasteiger partial charge is 0.345 e. The van der Waals surface area contributed by atoms with E-state index in [4.69, 9.17) is 5.26 Å². The van der Waals surface area contributed by atoms with Crippen LogP contribution in [0.25, 0.3) is 0 Å². The van der Waals surface area contributed by atoms with Gasteiger partial charge in [-0.1, -0.05) is 36.4 Å². The minimum atomic E-state index is -0.226. The van der Waals surface area contributed by atoms with Crippen LogP contribution in [0, 0.1) is 14.9 Å². The number of rotatable bonds is 6. The van der Waals surface area contributed by atoms with Gasteiger partial charge < -0.3 is 5.32 Å². The number of hydrogen-bond acceptors (Lipinski definition) is 4. The normalized spacial score (nSPS) is 11.3. The predicted octanol–water partition coefficient (Wildman–Crippen LogP) is 4.45. The van der Waals surface area contributed by atoms with Gasteiger partial charge in [0.25, 0.3) is 5.91 Å². The van der Waals surface area contributed by atoms with Crippen LogP contribution in [-0.2, 0) is 6.42 Å². The molecule has 0 aliphatic rings. The fourth-order valence-corrected chi connectivity index (χ4v) is 3.42. The third kappa shape index (κ3) is 5.27. The highest BCUT2D eigenvalue weighted by atomic mass is 127. The van der Waals surface area contributed by atoms with Crippen molar-refractivity contribution in [1.82, 2.24) is 10.3 Å². The van der Waals surface area contributed by atoms with Crippen LogP contribution in [0.15, 0.2) is 60.8 Å². The molecule has 29 heavy (non-hydrogen) atoms. The van der Waals surface area contributed by atoms with E-state index < -0.39 is 0 Å². The molecule has 0 saturated heterocycles. The number of nitrogens with zero attached hydrogens (tertiary/aromatic N) is 2. The fraction of sp³-hybridized carbons (Fsp3) is 0.130. The van der Waals surface area contributed by atoms with E-state index in [1.807, 2.05) is 37.3 Å². The van der Waals surface area contributed by atoms with Crippen LogP contribution in [-0.4, -0.2) is 17.2 Å². The Morgan fingerprint density at radius 2 is 2.00 bits per heavy atom. The molecule has 144 valence electrons. The number of aromatic nitrogens is 1. The van der Waals surface area contributed by atoms with Gasteiger partial charge in [-0.15, -0.1) is 0 Å². The summed E-state index contributed by atoms with van der Waals surface area (Å²) in [6.45, 7) is 1.89. The van der Waals surface area contributed by atoms with Crippen molar-refractivity contribution in [2.24, 2.45) is 0 Å². The summed E-state index contributed by atoms with van der Waals surface area (Å²) in [5.41, 5.74) is 4.16. The van der Waals surface area contributed by atoms with E-state index >= 15 is 0 Å². The topological polar surface area (TPSA) is 82.8 Å². The van der Waals surface area contributed by atoms with Gasteiger partial charge >= 0.3 is 0 Å². The van der Waals surface area contributed by atoms with Gasteiger partial charge in [0.2, 0.25) is 0 Å². The van der Waals surface area contributed by atoms with E-state index in [1.165, 1.54) is 0 Å². The number of nitrogens with one attached hydrogen (secondary N) is 1. The van der Waals surface area contributed by atoms with E-state index in [2.05, 4.69) is 39.0 Å². The minimum absolute atomic E-state index is 0.214. The molecule has 0 saturated carbocycles. The maximum Gasteiger partial charge on any atom is 0.253 e. The van der Waals surface area contributed by atoms with Gasteiger partial charge in [0.05, 0.1) is 28.9 Å². The third-order valence-electron chi connectivity index (χ3n) is 4.53. The summed E-state index contributed by atoms with van der Waals surface area (Å²) in [6, 6.07) is 18.1. The molecular weight excluding hydrogens is 477 g/mol. The Labute approximate surface area is 182 Å². The molecule has 1 aromatic heterocycles. The maximum absolute atomic E-state index is 13.0. The zero-order valence-corrected chi connectivity index (χ0v) is 17.9. The maximum atomic E-state index is 13.0. The second kappa shape index (κ2) is 9.43. The molecule has 3 rings (SSSR count). The van der Waals surface area contributed by atoms with Gasteiger partial charge in [0.15, 0.2) is 0 Å². The molecule has 0 aliphatic heterocycles. The monoisotopic (exact) mass is 495 g/mol. The summed E-state index contributed by atoms with van der Waals surface area (Å²) in [4.78, 5) is 28.3. The molecule has 3 aromatic rings. The van der Waals surface area contributed by atoms with E-state index in [9.17, 15) is 9.59 Å². The number of benzene rings is 2. The lowest BCUT2D eigenvalue weighted by molar-refractivity contribution is 0.0938. The number of halogens is 1. The number of carbonyl (C=O) groups is 2. The van der Waals surface area contributed by atoms with Crippen LogP contribution >= 0.6 is 22.6 Å². The van der Waals surface area contributed by atoms with Gasteiger partial charge in [0.1, 0.15) is 6.29 Å². The fourth-order valence-electron chi connectivity index (χ4n) is 2.97. The van der Waals surface area contributed by atoms with Crippen molar-refractivity contribution in [2.45, 2.75) is 19.4 Å². The molecule has 0 fully saturated rings. The predicted molar refractivity (Wildman–Crippen MR) is 119 cm³/mol. The number of nitriles is 1. The summed E-state index contributed by atoms with van der Waals surface area (Å²) >= 11 is 2.13. The SMILES string of the molecule is C[C@H](NC(=O)c1cc(I)cnc1Cc1cccc(C#N)c1)c1ccc(C=O)cc1. The average molecular weight is 495 g/mol. The molecule has 0 unspecified atom stereocenters. The van der Waals surface area contributed by atoms with Gasteiger partial charge in [-0.2, -0.15) is 5.26 Å². The summed E-state index contributed by atoms with van der Waals surface area (Å²) in [7, 11) is 0. The molecule has 0 bridgehead atoms. The van der Waals surface area contributed by atoms with Crippen LogP contribution in [0.2, 0.25) is 0 Å². The second-order valence-corrected chi connectivity index (χ2v) is 7.86. The molecule has 1 atom stereocenters. The number of amides is 1. The molecule has 0 radical (unpaired) electrons. The average Bonchev–Trinajstić information content (AvgIpc) is 2.75. The lowest BCUT2D eigenvalue weighted by Gasteiger charge is -2.16. The van der Waals surface area contributed by atoms with Gasteiger partial charge in [-0.25, -0.2) is 0 Å². The minimum Gasteiger partial charge on any atom is -0.345 e. The highest BCUT2D eigenvalue weighted by Crippen LogP contribution is 2.19. The van der Waals surface area contributed by atoms with Crippen molar-refractivity contribution >= 4 is 34.8 Å². The summed E-state index contributed by atoms with van der Waals surface area (Å²) in [5.74, 6) is -0.214. The van der Waals surface area contributed by atoms with Crippen molar-refractivity contribution in [3.63, 3.8) is 0 Å². The number of carbonyl (C=O) groups excluding carboxylic acids is 2. The first-order valence-corrected chi connectivity index (χ1v) is 10.1. The van der Waals surface area contributed by atoms with E-state index in [-0.39, 0.29) is 11.9 Å². The summed E-state index contributed by atoms with van der Waals surface area (Å²) in [6.07, 6.45) is 2.97. The van der Waals surface area contributed by atoms with Crippen LogP contribution in [0.4, 0.5) is 0 Å². The molecule has 1 N–H and O–H groups in total. The van der Waals surface area contributed by atoms with Crippen LogP contribution in [0.5, 0.6) is 0 Å². The first kappa shape index (κ1) is 20.7. The quantitative estimate of drug-likeness (QED) is 0.405. The molecule has 1 heterocycles. The zero-order chi connectivity index (χ0) is 20.8. The van der Waals surface area contributed by atoms with Gasteiger partial charge in [-0.05, 0) is 58.8 Å². The first-order valence-electron chi connectivity index (χ1n) is 8.99. The van der Waals surface area contributed by atoms with Crippen molar-refractivity contribution in [3.05, 3.63) is 97.9 Å². The Bertz CT molecular complexity index is 1090. The van der Waals surface area contributed by atoms with Crippen molar-refractivity contribution in [1.29, 1.82) is 5.26 Å². The highest BCUT2D eigenvalue weighted by Gasteiger charge is 2.17. The Morgan fingerprint density at radius 3 is 2.69 bits per heavy atom.